The van der Waals surface area contributed by atoms with Gasteiger partial charge in [0.2, 0.25) is 5.91 Å². The molecule has 1 amide bonds. The molecule has 216 valence electrons. The van der Waals surface area contributed by atoms with Crippen molar-refractivity contribution in [2.75, 3.05) is 31.1 Å². The monoisotopic (exact) mass is 570 g/mol. The Bertz CT molecular complexity index is 1310. The maximum absolute atomic E-state index is 13.0. The van der Waals surface area contributed by atoms with Gasteiger partial charge >= 0.3 is 13.6 Å². The quantitative estimate of drug-likeness (QED) is 0.338. The molecule has 9 nitrogen and oxygen atoms in total. The molecular weight excluding hydrogens is 531 g/mol. The molecular formula is C30H39N2O7P. The van der Waals surface area contributed by atoms with Crippen LogP contribution in [0, 0.1) is 5.41 Å². The first-order chi connectivity index (χ1) is 19.0. The first kappa shape index (κ1) is 28.8. The van der Waals surface area contributed by atoms with Crippen LogP contribution in [0.4, 0.5) is 5.69 Å². The Labute approximate surface area is 235 Å². The number of carbonyl (C=O) groups is 2. The number of anilines is 1. The zero-order chi connectivity index (χ0) is 28.7. The van der Waals surface area contributed by atoms with Gasteiger partial charge in [-0.05, 0) is 113 Å². The number of rotatable bonds is 9. The molecule has 2 saturated heterocycles. The summed E-state index contributed by atoms with van der Waals surface area (Å²) in [6.07, 6.45) is 4.21. The molecule has 10 heteroatoms. The van der Waals surface area contributed by atoms with E-state index in [2.05, 4.69) is 11.0 Å². The second-order valence-electron chi connectivity index (χ2n) is 11.7. The summed E-state index contributed by atoms with van der Waals surface area (Å²) in [5, 5.41) is -0.0490. The average Bonchev–Trinajstić information content (AvgIpc) is 3.69. The largest absolute Gasteiger partial charge is 0.494 e. The molecule has 0 aromatic heterocycles. The van der Waals surface area contributed by atoms with Crippen molar-refractivity contribution >= 4 is 30.5 Å². The van der Waals surface area contributed by atoms with Crippen molar-refractivity contribution in [3.63, 3.8) is 0 Å². The number of amides is 1. The molecule has 5 rings (SSSR count). The maximum Gasteiger partial charge on any atom is 0.356 e. The smallest absolute Gasteiger partial charge is 0.356 e. The van der Waals surface area contributed by atoms with Gasteiger partial charge < -0.3 is 24.2 Å². The fourth-order valence-electron chi connectivity index (χ4n) is 5.96. The number of ether oxygens (including phenoxy) is 2. The Balaban J connectivity index is 1.27. The van der Waals surface area contributed by atoms with Gasteiger partial charge in [0.1, 0.15) is 5.75 Å². The van der Waals surface area contributed by atoms with E-state index in [1.807, 2.05) is 26.8 Å². The molecule has 1 aliphatic carbocycles. The van der Waals surface area contributed by atoms with Crippen molar-refractivity contribution in [1.29, 1.82) is 0 Å². The Morgan fingerprint density at radius 2 is 1.80 bits per heavy atom. The van der Waals surface area contributed by atoms with Gasteiger partial charge in [-0.15, -0.1) is 0 Å². The highest BCUT2D eigenvalue weighted by molar-refractivity contribution is 7.60. The first-order valence-electron chi connectivity index (χ1n) is 14.2. The Morgan fingerprint density at radius 3 is 2.38 bits per heavy atom. The van der Waals surface area contributed by atoms with Crippen molar-refractivity contribution in [2.24, 2.45) is 5.41 Å². The molecule has 0 atom stereocenters. The maximum atomic E-state index is 13.0. The number of likely N-dealkylation sites (tertiary alicyclic amines) is 1. The summed E-state index contributed by atoms with van der Waals surface area (Å²) in [6, 6.07) is 10.1. The number of nitrogens with zero attached hydrogens (tertiary/aromatic N) is 2. The molecule has 1 saturated carbocycles. The average molecular weight is 571 g/mol. The number of esters is 1. The van der Waals surface area contributed by atoms with E-state index in [1.165, 1.54) is 12.1 Å². The summed E-state index contributed by atoms with van der Waals surface area (Å²) in [5.74, 6) is 0.869. The molecule has 0 radical (unpaired) electrons. The normalized spacial score (nSPS) is 19.4. The topological polar surface area (TPSA) is 117 Å². The molecule has 1 spiro atoms. The van der Waals surface area contributed by atoms with E-state index in [4.69, 9.17) is 9.47 Å². The molecule has 0 bridgehead atoms. The molecule has 2 aromatic rings. The first-order valence-corrected chi connectivity index (χ1v) is 15.8. The molecule has 3 fully saturated rings. The van der Waals surface area contributed by atoms with E-state index in [9.17, 15) is 23.9 Å². The lowest BCUT2D eigenvalue weighted by Crippen LogP contribution is -2.41. The van der Waals surface area contributed by atoms with Gasteiger partial charge in [-0.25, -0.2) is 4.79 Å². The van der Waals surface area contributed by atoms with E-state index in [-0.39, 0.29) is 28.7 Å². The van der Waals surface area contributed by atoms with Gasteiger partial charge in [-0.2, -0.15) is 0 Å². The zero-order valence-corrected chi connectivity index (χ0v) is 24.4. The summed E-state index contributed by atoms with van der Waals surface area (Å²) in [7, 11) is -4.32. The third-order valence-corrected chi connectivity index (χ3v) is 9.21. The summed E-state index contributed by atoms with van der Waals surface area (Å²) in [6.45, 7) is 9.18. The van der Waals surface area contributed by atoms with Crippen LogP contribution < -0.4 is 14.9 Å². The van der Waals surface area contributed by atoms with E-state index in [0.717, 1.165) is 55.6 Å². The zero-order valence-electron chi connectivity index (χ0n) is 23.5. The number of hydrogen-bond donors (Lipinski definition) is 2. The summed E-state index contributed by atoms with van der Waals surface area (Å²) in [5.41, 5.74) is 3.31. The Morgan fingerprint density at radius 1 is 1.12 bits per heavy atom. The molecule has 40 heavy (non-hydrogen) atoms. The van der Waals surface area contributed by atoms with E-state index in [1.54, 1.807) is 17.0 Å². The fourth-order valence-corrected chi connectivity index (χ4v) is 6.50. The summed E-state index contributed by atoms with van der Waals surface area (Å²) >= 11 is 0. The van der Waals surface area contributed by atoms with Gasteiger partial charge in [0.15, 0.2) is 0 Å². The minimum atomic E-state index is -4.32. The molecule has 2 aromatic carbocycles. The lowest BCUT2D eigenvalue weighted by atomic mass is 9.77. The number of carbonyl (C=O) groups excluding carboxylic acids is 2. The number of hydrogen-bond acceptors (Lipinski definition) is 6. The highest BCUT2D eigenvalue weighted by atomic mass is 31.2. The molecule has 2 heterocycles. The van der Waals surface area contributed by atoms with Crippen LogP contribution in [-0.2, 0) is 20.6 Å². The van der Waals surface area contributed by atoms with Crippen LogP contribution in [0.5, 0.6) is 5.75 Å². The Kier molecular flexibility index (Phi) is 8.13. The molecule has 3 aliphatic rings. The van der Waals surface area contributed by atoms with Crippen LogP contribution in [0.3, 0.4) is 0 Å². The lowest BCUT2D eigenvalue weighted by molar-refractivity contribution is -0.118. The van der Waals surface area contributed by atoms with Gasteiger partial charge in [0.25, 0.3) is 0 Å². The van der Waals surface area contributed by atoms with Crippen LogP contribution in [0.15, 0.2) is 36.4 Å². The summed E-state index contributed by atoms with van der Waals surface area (Å²) < 4.78 is 23.0. The van der Waals surface area contributed by atoms with Crippen molar-refractivity contribution in [2.45, 2.75) is 71.4 Å². The molecule has 0 unspecified atom stereocenters. The Hall–Kier alpha value is -2.71. The second kappa shape index (κ2) is 11.3. The number of piperidine rings is 1. The predicted octanol–water partition coefficient (Wildman–Crippen LogP) is 4.35. The molecule has 2 aliphatic heterocycles. The molecule has 2 N–H and O–H groups in total. The van der Waals surface area contributed by atoms with Crippen LogP contribution in [-0.4, -0.2) is 58.9 Å². The third-order valence-electron chi connectivity index (χ3n) is 8.24. The van der Waals surface area contributed by atoms with E-state index < -0.39 is 7.60 Å². The lowest BCUT2D eigenvalue weighted by Gasteiger charge is -2.39. The van der Waals surface area contributed by atoms with Gasteiger partial charge in [-0.3, -0.25) is 14.3 Å². The number of benzene rings is 2. The minimum Gasteiger partial charge on any atom is -0.494 e. The van der Waals surface area contributed by atoms with Crippen molar-refractivity contribution in [1.82, 2.24) is 4.90 Å². The summed E-state index contributed by atoms with van der Waals surface area (Å²) in [4.78, 5) is 48.8. The fraction of sp³-hybridized carbons (Fsp3) is 0.533. The van der Waals surface area contributed by atoms with Gasteiger partial charge in [0, 0.05) is 30.8 Å². The third kappa shape index (κ3) is 6.28. The SMILES string of the molecule is CCOc1cc(C(=O)OC(C)C)c(C2CC2)cc1CN1CCC2(CC1)CC(=O)N(c1ccc(P(=O)(O)O)cc1)C2. The van der Waals surface area contributed by atoms with Gasteiger partial charge in [-0.1, -0.05) is 0 Å². The van der Waals surface area contributed by atoms with Crippen molar-refractivity contribution < 1.29 is 33.4 Å². The minimum absolute atomic E-state index is 0.0490. The van der Waals surface area contributed by atoms with Gasteiger partial charge in [0.05, 0.1) is 23.6 Å². The standard InChI is InChI=1S/C30H39N2O7P/c1-4-38-27-16-26(29(34)39-20(2)3)25(21-5-6-21)15-22(27)18-31-13-11-30(12-14-31)17-28(33)32(19-30)23-7-9-24(10-8-23)40(35,36)37/h7-10,15-16,20-21H,4-6,11-14,17-19H2,1-3H3,(H2,35,36,37). The van der Waals surface area contributed by atoms with Crippen LogP contribution in [0.25, 0.3) is 0 Å². The van der Waals surface area contributed by atoms with Crippen LogP contribution >= 0.6 is 7.60 Å². The van der Waals surface area contributed by atoms with Crippen molar-refractivity contribution in [3.8, 4) is 5.75 Å². The van der Waals surface area contributed by atoms with E-state index >= 15 is 0 Å². The van der Waals surface area contributed by atoms with E-state index in [0.29, 0.717) is 43.3 Å². The van der Waals surface area contributed by atoms with Crippen molar-refractivity contribution in [3.05, 3.63) is 53.1 Å². The highest BCUT2D eigenvalue weighted by Gasteiger charge is 2.45. The second-order valence-corrected chi connectivity index (χ2v) is 13.3. The predicted molar refractivity (Wildman–Crippen MR) is 152 cm³/mol. The highest BCUT2D eigenvalue weighted by Crippen LogP contribution is 2.46. The van der Waals surface area contributed by atoms with Crippen LogP contribution in [0.2, 0.25) is 0 Å². The van der Waals surface area contributed by atoms with Crippen LogP contribution in [0.1, 0.15) is 80.3 Å².